The summed E-state index contributed by atoms with van der Waals surface area (Å²) < 4.78 is 5.70. The third-order valence-corrected chi connectivity index (χ3v) is 4.98. The van der Waals surface area contributed by atoms with E-state index >= 15 is 0 Å². The van der Waals surface area contributed by atoms with E-state index in [1.54, 1.807) is 18.0 Å². The molecule has 0 atom stereocenters. The average Bonchev–Trinajstić information content (AvgIpc) is 2.62. The van der Waals surface area contributed by atoms with Gasteiger partial charge in [0.15, 0.2) is 5.75 Å². The van der Waals surface area contributed by atoms with Gasteiger partial charge in [0.25, 0.3) is 0 Å². The maximum atomic E-state index is 11.6. The summed E-state index contributed by atoms with van der Waals surface area (Å²) in [4.78, 5) is 17.2. The van der Waals surface area contributed by atoms with E-state index in [1.165, 1.54) is 10.5 Å². The Bertz CT molecular complexity index is 824. The monoisotopic (exact) mass is 435 g/mol. The molecular formula is C18H14INO2S. The molecule has 0 fully saturated rings. The van der Waals surface area contributed by atoms with Crippen molar-refractivity contribution in [2.45, 2.75) is 10.6 Å². The third-order valence-electron chi connectivity index (χ3n) is 3.29. The molecular weight excluding hydrogens is 421 g/mol. The molecule has 3 rings (SSSR count). The number of fused-ring (bicyclic) bond motifs is 1. The Kier molecular flexibility index (Phi) is 5.51. The summed E-state index contributed by atoms with van der Waals surface area (Å²) in [7, 11) is 0. The quantitative estimate of drug-likeness (QED) is 0.189. The van der Waals surface area contributed by atoms with Gasteiger partial charge < -0.3 is 4.74 Å². The molecule has 5 heteroatoms. The molecule has 0 unspecified atom stereocenters. The number of carbonyl (C=O) groups excluding carboxylic acids is 1. The van der Waals surface area contributed by atoms with Gasteiger partial charge in [-0.25, -0.2) is 0 Å². The number of nitrogens with zero attached hydrogens (tertiary/aromatic N) is 1. The second kappa shape index (κ2) is 7.79. The molecule has 116 valence electrons. The second-order valence-corrected chi connectivity index (χ2v) is 6.64. The van der Waals surface area contributed by atoms with Gasteiger partial charge in [-0.3, -0.25) is 9.78 Å². The Labute approximate surface area is 152 Å². The number of carbonyl (C=O) groups is 1. The first kappa shape index (κ1) is 16.3. The molecule has 1 aromatic heterocycles. The Hall–Kier alpha value is -1.60. The van der Waals surface area contributed by atoms with Crippen molar-refractivity contribution in [1.29, 1.82) is 0 Å². The molecule has 0 saturated heterocycles. The van der Waals surface area contributed by atoms with Crippen LogP contribution in [0.1, 0.15) is 5.56 Å². The molecule has 0 amide bonds. The lowest BCUT2D eigenvalue weighted by atomic mass is 10.1. The summed E-state index contributed by atoms with van der Waals surface area (Å²) in [5.74, 6) is 1.10. The number of esters is 1. The Morgan fingerprint density at radius 2 is 1.91 bits per heavy atom. The molecule has 2 aromatic carbocycles. The maximum absolute atomic E-state index is 11.6. The van der Waals surface area contributed by atoms with Crippen molar-refractivity contribution in [3.05, 3.63) is 66.4 Å². The third kappa shape index (κ3) is 4.03. The minimum Gasteiger partial charge on any atom is -0.424 e. The molecule has 0 aliphatic carbocycles. The number of ether oxygens (including phenoxy) is 1. The molecule has 0 aliphatic rings. The van der Waals surface area contributed by atoms with E-state index in [0.717, 1.165) is 16.7 Å². The predicted molar refractivity (Wildman–Crippen MR) is 102 cm³/mol. The smallest absolute Gasteiger partial charge is 0.321 e. The first-order valence-corrected chi connectivity index (χ1v) is 9.60. The highest BCUT2D eigenvalue weighted by molar-refractivity contribution is 14.1. The molecule has 0 radical (unpaired) electrons. The number of benzene rings is 2. The van der Waals surface area contributed by atoms with Crippen LogP contribution in [0.4, 0.5) is 0 Å². The van der Waals surface area contributed by atoms with Crippen LogP contribution in [-0.4, -0.2) is 15.4 Å². The van der Waals surface area contributed by atoms with Crippen LogP contribution in [0.3, 0.4) is 0 Å². The highest BCUT2D eigenvalue weighted by atomic mass is 127. The zero-order valence-electron chi connectivity index (χ0n) is 12.2. The molecule has 3 aromatic rings. The van der Waals surface area contributed by atoms with Crippen LogP contribution < -0.4 is 4.74 Å². The van der Waals surface area contributed by atoms with E-state index in [4.69, 9.17) is 4.74 Å². The van der Waals surface area contributed by atoms with Crippen molar-refractivity contribution in [2.75, 3.05) is 4.43 Å². The zero-order chi connectivity index (χ0) is 16.1. The summed E-state index contributed by atoms with van der Waals surface area (Å²) in [5.41, 5.74) is 1.91. The van der Waals surface area contributed by atoms with Crippen molar-refractivity contribution in [3.8, 4) is 5.75 Å². The van der Waals surface area contributed by atoms with E-state index < -0.39 is 0 Å². The predicted octanol–water partition coefficient (Wildman–Crippen LogP) is 4.87. The van der Waals surface area contributed by atoms with E-state index in [9.17, 15) is 4.79 Å². The number of pyridine rings is 1. The van der Waals surface area contributed by atoms with E-state index in [1.807, 2.05) is 65.1 Å². The number of hydrogen-bond donors (Lipinski definition) is 0. The van der Waals surface area contributed by atoms with Crippen LogP contribution in [0.25, 0.3) is 10.9 Å². The lowest BCUT2D eigenvalue weighted by Gasteiger charge is -2.10. The molecule has 0 spiro atoms. The zero-order valence-corrected chi connectivity index (χ0v) is 15.2. The van der Waals surface area contributed by atoms with Crippen molar-refractivity contribution in [2.24, 2.45) is 0 Å². The molecule has 0 bridgehead atoms. The fraction of sp³-hybridized carbons (Fsp3) is 0.111. The summed E-state index contributed by atoms with van der Waals surface area (Å²) in [6.07, 6.45) is 1.72. The van der Waals surface area contributed by atoms with Crippen LogP contribution in [0.2, 0.25) is 0 Å². The van der Waals surface area contributed by atoms with Crippen molar-refractivity contribution < 1.29 is 9.53 Å². The fourth-order valence-electron chi connectivity index (χ4n) is 2.24. The summed E-state index contributed by atoms with van der Waals surface area (Å²) >= 11 is 3.77. The number of alkyl halides is 1. The number of rotatable bonds is 5. The molecule has 3 nitrogen and oxygen atoms in total. The van der Waals surface area contributed by atoms with Gasteiger partial charge in [-0.05, 0) is 29.8 Å². The second-order valence-electron chi connectivity index (χ2n) is 4.83. The van der Waals surface area contributed by atoms with Gasteiger partial charge in [0.1, 0.15) is 5.52 Å². The van der Waals surface area contributed by atoms with E-state index in [2.05, 4.69) is 17.1 Å². The molecule has 23 heavy (non-hydrogen) atoms. The number of halogens is 1. The van der Waals surface area contributed by atoms with Crippen molar-refractivity contribution in [1.82, 2.24) is 4.98 Å². The summed E-state index contributed by atoms with van der Waals surface area (Å²) in [6.45, 7) is 0. The normalized spacial score (nSPS) is 10.7. The maximum Gasteiger partial charge on any atom is 0.321 e. The van der Waals surface area contributed by atoms with E-state index in [-0.39, 0.29) is 5.97 Å². The minimum absolute atomic E-state index is 0.260. The van der Waals surface area contributed by atoms with Gasteiger partial charge in [-0.15, -0.1) is 11.8 Å². The Morgan fingerprint density at radius 1 is 1.09 bits per heavy atom. The van der Waals surface area contributed by atoms with Crippen LogP contribution in [0.15, 0.2) is 65.7 Å². The molecule has 1 heterocycles. The summed E-state index contributed by atoms with van der Waals surface area (Å²) in [6, 6.07) is 18.1. The lowest BCUT2D eigenvalue weighted by Crippen LogP contribution is -2.09. The van der Waals surface area contributed by atoms with Gasteiger partial charge in [0.2, 0.25) is 0 Å². The van der Waals surface area contributed by atoms with Gasteiger partial charge >= 0.3 is 5.97 Å². The molecule has 0 N–H and O–H groups in total. The summed E-state index contributed by atoms with van der Waals surface area (Å²) in [5, 5.41) is 1.02. The topological polar surface area (TPSA) is 39.2 Å². The van der Waals surface area contributed by atoms with Crippen LogP contribution in [-0.2, 0) is 10.5 Å². The van der Waals surface area contributed by atoms with Gasteiger partial charge in [-0.1, -0.05) is 52.9 Å². The van der Waals surface area contributed by atoms with E-state index in [0.29, 0.717) is 10.2 Å². The van der Waals surface area contributed by atoms with Crippen LogP contribution in [0.5, 0.6) is 5.75 Å². The lowest BCUT2D eigenvalue weighted by molar-refractivity contribution is -0.131. The van der Waals surface area contributed by atoms with Gasteiger partial charge in [0.05, 0.1) is 4.43 Å². The SMILES string of the molecule is O=C(CI)Oc1ccc(CSc2ccccc2)c2cccnc12. The highest BCUT2D eigenvalue weighted by Gasteiger charge is 2.11. The number of aromatic nitrogens is 1. The molecule has 0 aliphatic heterocycles. The number of thioether (sulfide) groups is 1. The Morgan fingerprint density at radius 3 is 2.70 bits per heavy atom. The van der Waals surface area contributed by atoms with Gasteiger partial charge in [-0.2, -0.15) is 0 Å². The highest BCUT2D eigenvalue weighted by Crippen LogP contribution is 2.31. The first-order valence-electron chi connectivity index (χ1n) is 7.09. The number of hydrogen-bond acceptors (Lipinski definition) is 4. The Balaban J connectivity index is 1.90. The van der Waals surface area contributed by atoms with Crippen LogP contribution >= 0.6 is 34.4 Å². The van der Waals surface area contributed by atoms with Gasteiger partial charge in [0, 0.05) is 22.2 Å². The van der Waals surface area contributed by atoms with Crippen molar-refractivity contribution >= 4 is 51.2 Å². The fourth-order valence-corrected chi connectivity index (χ4v) is 3.32. The largest absolute Gasteiger partial charge is 0.424 e. The van der Waals surface area contributed by atoms with Crippen LogP contribution in [0, 0.1) is 0 Å². The standard InChI is InChI=1S/C18H14INO2S/c19-11-17(21)22-16-9-8-13(15-7-4-10-20-18(15)16)12-23-14-5-2-1-3-6-14/h1-10H,11-12H2. The molecule has 0 saturated carbocycles. The van der Waals surface area contributed by atoms with Crippen molar-refractivity contribution in [3.63, 3.8) is 0 Å². The average molecular weight is 435 g/mol. The first-order chi connectivity index (χ1) is 11.3. The minimum atomic E-state index is -0.260.